The summed E-state index contributed by atoms with van der Waals surface area (Å²) in [6.07, 6.45) is 1.79. The fourth-order valence-corrected chi connectivity index (χ4v) is 4.29. The Bertz CT molecular complexity index is 1390. The highest BCUT2D eigenvalue weighted by Crippen LogP contribution is 2.22. The minimum atomic E-state index is -0.362. The van der Waals surface area contributed by atoms with Crippen LogP contribution in [0, 0.1) is 0 Å². The Labute approximate surface area is 220 Å². The predicted molar refractivity (Wildman–Crippen MR) is 149 cm³/mol. The zero-order chi connectivity index (χ0) is 26.0. The van der Waals surface area contributed by atoms with Gasteiger partial charge in [-0.25, -0.2) is 4.79 Å². The lowest BCUT2D eigenvalue weighted by atomic mass is 10.1. The van der Waals surface area contributed by atoms with Crippen molar-refractivity contribution in [3.05, 3.63) is 102 Å². The zero-order valence-electron chi connectivity index (χ0n) is 20.5. The number of carbonyl (C=O) groups excluding carboxylic acids is 3. The number of thioether (sulfide) groups is 1. The molecular weight excluding hydrogens is 484 g/mol. The summed E-state index contributed by atoms with van der Waals surface area (Å²) in [5.74, 6) is -0.467. The van der Waals surface area contributed by atoms with E-state index in [1.807, 2.05) is 73.7 Å². The van der Waals surface area contributed by atoms with Crippen molar-refractivity contribution in [2.45, 2.75) is 24.7 Å². The van der Waals surface area contributed by atoms with Crippen LogP contribution >= 0.6 is 11.8 Å². The average molecular weight is 513 g/mol. The van der Waals surface area contributed by atoms with E-state index in [1.165, 1.54) is 11.8 Å². The molecule has 0 spiro atoms. The van der Waals surface area contributed by atoms with E-state index in [0.717, 1.165) is 28.5 Å². The number of rotatable bonds is 10. The summed E-state index contributed by atoms with van der Waals surface area (Å²) in [5, 5.41) is 7.85. The molecule has 0 aliphatic rings. The first-order valence-corrected chi connectivity index (χ1v) is 13.1. The first-order chi connectivity index (χ1) is 18.0. The first kappa shape index (κ1) is 26.0. The third-order valence-corrected chi connectivity index (χ3v) is 6.64. The number of ether oxygens (including phenoxy) is 1. The normalized spacial score (nSPS) is 10.6. The van der Waals surface area contributed by atoms with Gasteiger partial charge in [-0.3, -0.25) is 9.59 Å². The molecule has 4 aromatic rings. The van der Waals surface area contributed by atoms with Gasteiger partial charge >= 0.3 is 5.97 Å². The Hall–Kier alpha value is -4.10. The molecule has 0 saturated carbocycles. The van der Waals surface area contributed by atoms with Gasteiger partial charge in [-0.15, -0.1) is 11.8 Å². The predicted octanol–water partition coefficient (Wildman–Crippen LogP) is 6.78. The van der Waals surface area contributed by atoms with Gasteiger partial charge in [-0.05, 0) is 77.9 Å². The number of nitrogens with one attached hydrogen (secondary N) is 2. The number of benzene rings is 4. The Morgan fingerprint density at radius 2 is 1.41 bits per heavy atom. The van der Waals surface area contributed by atoms with Crippen molar-refractivity contribution in [1.82, 2.24) is 0 Å². The number of unbranched alkanes of at least 4 members (excludes halogenated alkanes) is 1. The monoisotopic (exact) mass is 512 g/mol. The summed E-state index contributed by atoms with van der Waals surface area (Å²) in [6, 6.07) is 27.6. The Morgan fingerprint density at radius 3 is 2.14 bits per heavy atom. The summed E-state index contributed by atoms with van der Waals surface area (Å²) in [7, 11) is 0. The van der Waals surface area contributed by atoms with Crippen LogP contribution in [0.25, 0.3) is 10.8 Å². The van der Waals surface area contributed by atoms with E-state index in [4.69, 9.17) is 4.74 Å². The molecule has 0 saturated heterocycles. The molecule has 0 atom stereocenters. The van der Waals surface area contributed by atoms with E-state index >= 15 is 0 Å². The highest BCUT2D eigenvalue weighted by Gasteiger charge is 2.10. The second-order valence-corrected chi connectivity index (χ2v) is 9.49. The lowest BCUT2D eigenvalue weighted by Crippen LogP contribution is -2.14. The van der Waals surface area contributed by atoms with Crippen molar-refractivity contribution < 1.29 is 19.1 Å². The largest absolute Gasteiger partial charge is 0.462 e. The molecule has 4 aromatic carbocycles. The minimum Gasteiger partial charge on any atom is -0.462 e. The summed E-state index contributed by atoms with van der Waals surface area (Å²) < 4.78 is 5.19. The smallest absolute Gasteiger partial charge is 0.338 e. The molecule has 2 amide bonds. The molecule has 37 heavy (non-hydrogen) atoms. The molecule has 0 aliphatic heterocycles. The molecule has 0 bridgehead atoms. The van der Waals surface area contributed by atoms with Gasteiger partial charge < -0.3 is 15.4 Å². The third kappa shape index (κ3) is 7.44. The fourth-order valence-electron chi connectivity index (χ4n) is 3.60. The number of fused-ring (bicyclic) bond motifs is 1. The molecule has 6 nitrogen and oxygen atoms in total. The van der Waals surface area contributed by atoms with Crippen LogP contribution in [-0.2, 0) is 9.53 Å². The van der Waals surface area contributed by atoms with Crippen molar-refractivity contribution in [3.8, 4) is 0 Å². The van der Waals surface area contributed by atoms with Crippen LogP contribution in [0.4, 0.5) is 11.4 Å². The van der Waals surface area contributed by atoms with Crippen LogP contribution in [0.15, 0.2) is 95.9 Å². The van der Waals surface area contributed by atoms with E-state index < -0.39 is 0 Å². The van der Waals surface area contributed by atoms with Gasteiger partial charge in [0.1, 0.15) is 0 Å². The van der Waals surface area contributed by atoms with Crippen LogP contribution in [0.3, 0.4) is 0 Å². The quantitative estimate of drug-likeness (QED) is 0.139. The van der Waals surface area contributed by atoms with Crippen LogP contribution in [0.1, 0.15) is 40.5 Å². The summed E-state index contributed by atoms with van der Waals surface area (Å²) in [4.78, 5) is 37.9. The van der Waals surface area contributed by atoms with Crippen molar-refractivity contribution in [2.24, 2.45) is 0 Å². The maximum atomic E-state index is 12.7. The SMILES string of the molecule is CCCCOC(=O)c1ccc(NC(=O)CSc2ccc(NC(=O)c3ccc4ccccc4c3)cc2)cc1. The molecule has 0 heterocycles. The molecule has 0 fully saturated rings. The fraction of sp³-hybridized carbons (Fsp3) is 0.167. The molecule has 2 N–H and O–H groups in total. The number of esters is 1. The number of anilines is 2. The minimum absolute atomic E-state index is 0.156. The van der Waals surface area contributed by atoms with Crippen LogP contribution in [0.2, 0.25) is 0 Å². The van der Waals surface area contributed by atoms with Gasteiger partial charge in [-0.2, -0.15) is 0 Å². The van der Waals surface area contributed by atoms with Gasteiger partial charge in [0.15, 0.2) is 0 Å². The van der Waals surface area contributed by atoms with Crippen molar-refractivity contribution >= 4 is 51.7 Å². The summed E-state index contributed by atoms with van der Waals surface area (Å²) in [6.45, 7) is 2.44. The summed E-state index contributed by atoms with van der Waals surface area (Å²) in [5.41, 5.74) is 2.34. The molecule has 188 valence electrons. The highest BCUT2D eigenvalue weighted by atomic mass is 32.2. The van der Waals surface area contributed by atoms with E-state index in [1.54, 1.807) is 24.3 Å². The second kappa shape index (κ2) is 12.7. The van der Waals surface area contributed by atoms with Crippen LogP contribution < -0.4 is 10.6 Å². The topological polar surface area (TPSA) is 84.5 Å². The Morgan fingerprint density at radius 1 is 0.757 bits per heavy atom. The van der Waals surface area contributed by atoms with Crippen molar-refractivity contribution in [1.29, 1.82) is 0 Å². The maximum Gasteiger partial charge on any atom is 0.338 e. The second-order valence-electron chi connectivity index (χ2n) is 8.44. The Kier molecular flexibility index (Phi) is 8.94. The number of amides is 2. The van der Waals surface area contributed by atoms with Gasteiger partial charge in [0, 0.05) is 21.8 Å². The van der Waals surface area contributed by atoms with Crippen LogP contribution in [-0.4, -0.2) is 30.1 Å². The number of hydrogen-bond donors (Lipinski definition) is 2. The lowest BCUT2D eigenvalue weighted by molar-refractivity contribution is -0.113. The molecular formula is C30H28N2O4S. The Balaban J connectivity index is 1.24. The summed E-state index contributed by atoms with van der Waals surface area (Å²) >= 11 is 1.39. The lowest BCUT2D eigenvalue weighted by Gasteiger charge is -2.09. The van der Waals surface area contributed by atoms with Gasteiger partial charge in [0.25, 0.3) is 5.91 Å². The standard InChI is InChI=1S/C30H28N2O4S/c1-2-3-18-36-30(35)22-10-12-25(13-11-22)31-28(33)20-37-27-16-14-26(15-17-27)32-29(34)24-9-8-21-6-4-5-7-23(21)19-24/h4-17,19H,2-3,18,20H2,1H3,(H,31,33)(H,32,34). The van der Waals surface area contributed by atoms with E-state index in [2.05, 4.69) is 10.6 Å². The number of carbonyl (C=O) groups is 3. The van der Waals surface area contributed by atoms with Gasteiger partial charge in [0.05, 0.1) is 17.9 Å². The molecule has 0 unspecified atom stereocenters. The molecule has 7 heteroatoms. The average Bonchev–Trinajstić information content (AvgIpc) is 2.93. The van der Waals surface area contributed by atoms with E-state index in [9.17, 15) is 14.4 Å². The molecule has 4 rings (SSSR count). The third-order valence-electron chi connectivity index (χ3n) is 5.63. The maximum absolute atomic E-state index is 12.7. The highest BCUT2D eigenvalue weighted by molar-refractivity contribution is 8.00. The van der Waals surface area contributed by atoms with E-state index in [0.29, 0.717) is 29.1 Å². The van der Waals surface area contributed by atoms with Gasteiger partial charge in [0.2, 0.25) is 5.91 Å². The first-order valence-electron chi connectivity index (χ1n) is 12.1. The van der Waals surface area contributed by atoms with Crippen molar-refractivity contribution in [2.75, 3.05) is 23.0 Å². The van der Waals surface area contributed by atoms with Crippen molar-refractivity contribution in [3.63, 3.8) is 0 Å². The molecule has 0 radical (unpaired) electrons. The zero-order valence-corrected chi connectivity index (χ0v) is 21.3. The molecule has 0 aromatic heterocycles. The van der Waals surface area contributed by atoms with Crippen LogP contribution in [0.5, 0.6) is 0 Å². The van der Waals surface area contributed by atoms with Gasteiger partial charge in [-0.1, -0.05) is 43.7 Å². The van der Waals surface area contributed by atoms with E-state index in [-0.39, 0.29) is 23.5 Å². The molecule has 0 aliphatic carbocycles. The number of hydrogen-bond acceptors (Lipinski definition) is 5.